The van der Waals surface area contributed by atoms with Gasteiger partial charge in [-0.3, -0.25) is 4.79 Å². The Balaban J connectivity index is 1.63. The van der Waals surface area contributed by atoms with Gasteiger partial charge in [0.25, 0.3) is 5.91 Å². The fourth-order valence-electron chi connectivity index (χ4n) is 3.85. The highest BCUT2D eigenvalue weighted by Crippen LogP contribution is 2.46. The molecule has 3 aliphatic rings. The molecule has 1 heterocycles. The summed E-state index contributed by atoms with van der Waals surface area (Å²) < 4.78 is 5.44. The van der Waals surface area contributed by atoms with Crippen LogP contribution < -0.4 is 0 Å². The fourth-order valence-corrected chi connectivity index (χ4v) is 3.85. The topological polar surface area (TPSA) is 49.8 Å². The van der Waals surface area contributed by atoms with Gasteiger partial charge in [-0.25, -0.2) is 0 Å². The molecule has 3 rings (SSSR count). The van der Waals surface area contributed by atoms with Crippen molar-refractivity contribution in [3.8, 4) is 0 Å². The molecule has 108 valence electrons. The average molecular weight is 267 g/mol. The Hall–Kier alpha value is -0.610. The molecule has 1 N–H and O–H groups in total. The number of aliphatic hydroxyl groups is 1. The highest BCUT2D eigenvalue weighted by Gasteiger charge is 2.51. The van der Waals surface area contributed by atoms with Gasteiger partial charge in [-0.1, -0.05) is 0 Å². The van der Waals surface area contributed by atoms with E-state index in [1.54, 1.807) is 7.11 Å². The van der Waals surface area contributed by atoms with E-state index < -0.39 is 0 Å². The zero-order valence-corrected chi connectivity index (χ0v) is 11.8. The van der Waals surface area contributed by atoms with Gasteiger partial charge in [0, 0.05) is 25.8 Å². The second-order valence-electron chi connectivity index (χ2n) is 6.58. The summed E-state index contributed by atoms with van der Waals surface area (Å²) in [5.74, 6) is 1.13. The third kappa shape index (κ3) is 2.29. The van der Waals surface area contributed by atoms with Gasteiger partial charge < -0.3 is 14.7 Å². The van der Waals surface area contributed by atoms with Crippen LogP contribution in [0.1, 0.15) is 44.9 Å². The molecule has 1 aliphatic heterocycles. The van der Waals surface area contributed by atoms with Crippen LogP contribution in [0.5, 0.6) is 0 Å². The average Bonchev–Trinajstić information content (AvgIpc) is 3.23. The van der Waals surface area contributed by atoms with Crippen LogP contribution in [0.3, 0.4) is 0 Å². The summed E-state index contributed by atoms with van der Waals surface area (Å²) in [6.45, 7) is 1.20. The van der Waals surface area contributed by atoms with Crippen LogP contribution in [0, 0.1) is 11.8 Å². The van der Waals surface area contributed by atoms with E-state index in [1.165, 1.54) is 0 Å². The Morgan fingerprint density at radius 2 is 2.00 bits per heavy atom. The molecular formula is C15H25NO3. The number of likely N-dealkylation sites (tertiary alicyclic amines) is 1. The number of aliphatic hydroxyl groups excluding tert-OH is 1. The van der Waals surface area contributed by atoms with Crippen molar-refractivity contribution in [1.29, 1.82) is 0 Å². The van der Waals surface area contributed by atoms with Crippen LogP contribution >= 0.6 is 0 Å². The molecule has 0 bridgehead atoms. The number of amides is 1. The van der Waals surface area contributed by atoms with Gasteiger partial charge in [-0.2, -0.15) is 0 Å². The minimum atomic E-state index is -0.201. The summed E-state index contributed by atoms with van der Waals surface area (Å²) in [5.41, 5.74) is 0.106. The largest absolute Gasteiger partial charge is 0.396 e. The van der Waals surface area contributed by atoms with E-state index in [4.69, 9.17) is 4.74 Å². The number of hydrogen-bond acceptors (Lipinski definition) is 3. The van der Waals surface area contributed by atoms with E-state index >= 15 is 0 Å². The normalized spacial score (nSPS) is 36.1. The summed E-state index contributed by atoms with van der Waals surface area (Å²) in [6.07, 6.45) is 7.44. The molecule has 1 amide bonds. The molecule has 2 aliphatic carbocycles. The van der Waals surface area contributed by atoms with Crippen molar-refractivity contribution in [3.63, 3.8) is 0 Å². The second-order valence-corrected chi connectivity index (χ2v) is 6.58. The third-order valence-electron chi connectivity index (χ3n) is 5.48. The Morgan fingerprint density at radius 1 is 1.32 bits per heavy atom. The molecule has 4 nitrogen and oxygen atoms in total. The van der Waals surface area contributed by atoms with E-state index in [0.29, 0.717) is 18.4 Å². The molecule has 0 radical (unpaired) electrons. The van der Waals surface area contributed by atoms with Crippen LogP contribution in [0.25, 0.3) is 0 Å². The van der Waals surface area contributed by atoms with Crippen molar-refractivity contribution in [2.45, 2.75) is 56.6 Å². The van der Waals surface area contributed by atoms with Gasteiger partial charge in [0.1, 0.15) is 6.10 Å². The first-order valence-corrected chi connectivity index (χ1v) is 7.65. The lowest BCUT2D eigenvalue weighted by Gasteiger charge is -2.56. The summed E-state index contributed by atoms with van der Waals surface area (Å²) in [7, 11) is 1.66. The summed E-state index contributed by atoms with van der Waals surface area (Å²) in [5, 5.41) is 9.23. The van der Waals surface area contributed by atoms with Crippen molar-refractivity contribution in [2.75, 3.05) is 20.3 Å². The number of nitrogens with zero attached hydrogens (tertiary/aromatic N) is 1. The number of rotatable bonds is 4. The molecule has 0 aromatic carbocycles. The van der Waals surface area contributed by atoms with Crippen LogP contribution in [0.4, 0.5) is 0 Å². The Labute approximate surface area is 115 Å². The number of carbonyl (C=O) groups is 1. The van der Waals surface area contributed by atoms with E-state index in [1.807, 2.05) is 0 Å². The Morgan fingerprint density at radius 3 is 2.42 bits per heavy atom. The summed E-state index contributed by atoms with van der Waals surface area (Å²) in [6, 6.07) is 0. The molecule has 0 aromatic rings. The Bertz CT molecular complexity index is 345. The number of hydrogen-bond donors (Lipinski definition) is 1. The minimum absolute atomic E-state index is 0.106. The quantitative estimate of drug-likeness (QED) is 0.841. The molecule has 1 saturated heterocycles. The molecule has 0 aromatic heterocycles. The fraction of sp³-hybridized carbons (Fsp3) is 0.933. The maximum absolute atomic E-state index is 12.6. The molecular weight excluding hydrogens is 242 g/mol. The smallest absolute Gasteiger partial charge is 0.252 e. The molecule has 1 atom stereocenters. The lowest BCUT2D eigenvalue weighted by molar-refractivity contribution is -0.164. The summed E-state index contributed by atoms with van der Waals surface area (Å²) in [4.78, 5) is 14.7. The predicted octanol–water partition coefficient (Wildman–Crippen LogP) is 1.56. The summed E-state index contributed by atoms with van der Waals surface area (Å²) >= 11 is 0. The van der Waals surface area contributed by atoms with Gasteiger partial charge in [0.05, 0.1) is 0 Å². The van der Waals surface area contributed by atoms with Gasteiger partial charge in [0.15, 0.2) is 0 Å². The van der Waals surface area contributed by atoms with E-state index in [2.05, 4.69) is 4.90 Å². The molecule has 3 fully saturated rings. The van der Waals surface area contributed by atoms with Crippen LogP contribution in [-0.4, -0.2) is 47.8 Å². The highest BCUT2D eigenvalue weighted by atomic mass is 16.5. The lowest BCUT2D eigenvalue weighted by Crippen LogP contribution is -2.65. The lowest BCUT2D eigenvalue weighted by atomic mass is 9.69. The molecule has 19 heavy (non-hydrogen) atoms. The van der Waals surface area contributed by atoms with Gasteiger partial charge in [-0.05, 0) is 56.8 Å². The molecule has 4 heteroatoms. The van der Waals surface area contributed by atoms with Crippen LogP contribution in [-0.2, 0) is 9.53 Å². The monoisotopic (exact) mass is 267 g/mol. The maximum Gasteiger partial charge on any atom is 0.252 e. The number of carbonyl (C=O) groups excluding carboxylic acids is 1. The zero-order valence-electron chi connectivity index (χ0n) is 11.8. The van der Waals surface area contributed by atoms with Gasteiger partial charge >= 0.3 is 0 Å². The van der Waals surface area contributed by atoms with Crippen LogP contribution in [0.15, 0.2) is 0 Å². The highest BCUT2D eigenvalue weighted by molar-refractivity contribution is 5.83. The van der Waals surface area contributed by atoms with Crippen molar-refractivity contribution in [3.05, 3.63) is 0 Å². The number of methoxy groups -OCH3 is 1. The Kier molecular flexibility index (Phi) is 3.56. The van der Waals surface area contributed by atoms with Crippen molar-refractivity contribution < 1.29 is 14.6 Å². The first-order valence-electron chi connectivity index (χ1n) is 7.65. The van der Waals surface area contributed by atoms with E-state index in [0.717, 1.165) is 51.5 Å². The van der Waals surface area contributed by atoms with Crippen molar-refractivity contribution in [2.24, 2.45) is 11.8 Å². The molecule has 2 saturated carbocycles. The maximum atomic E-state index is 12.6. The molecule has 1 unspecified atom stereocenters. The standard InChI is InChI=1S/C15H25NO3/c1-19-13(12-2-3-12)14(18)16-9-8-15(16)6-4-11(10-17)5-7-15/h11-13,17H,2-10H2,1H3. The van der Waals surface area contributed by atoms with Crippen molar-refractivity contribution >= 4 is 5.91 Å². The first-order chi connectivity index (χ1) is 9.20. The number of ether oxygens (including phenoxy) is 1. The second kappa shape index (κ2) is 5.06. The van der Waals surface area contributed by atoms with Crippen molar-refractivity contribution in [1.82, 2.24) is 4.90 Å². The van der Waals surface area contributed by atoms with Gasteiger partial charge in [-0.15, -0.1) is 0 Å². The predicted molar refractivity (Wildman–Crippen MR) is 71.6 cm³/mol. The zero-order chi connectivity index (χ0) is 13.5. The molecule has 1 spiro atoms. The SMILES string of the molecule is COC(C(=O)N1CCC12CCC(CO)CC2)C1CC1. The third-order valence-corrected chi connectivity index (χ3v) is 5.48. The minimum Gasteiger partial charge on any atom is -0.396 e. The van der Waals surface area contributed by atoms with Gasteiger partial charge in [0.2, 0.25) is 0 Å². The van der Waals surface area contributed by atoms with E-state index in [-0.39, 0.29) is 17.6 Å². The first kappa shape index (κ1) is 13.4. The van der Waals surface area contributed by atoms with E-state index in [9.17, 15) is 9.90 Å². The van der Waals surface area contributed by atoms with Crippen LogP contribution in [0.2, 0.25) is 0 Å².